The highest BCUT2D eigenvalue weighted by Crippen LogP contribution is 2.34. The van der Waals surface area contributed by atoms with Gasteiger partial charge in [-0.15, -0.1) is 0 Å². The highest BCUT2D eigenvalue weighted by molar-refractivity contribution is 5.91. The van der Waals surface area contributed by atoms with Gasteiger partial charge in [0.25, 0.3) is 0 Å². The highest BCUT2D eigenvalue weighted by atomic mass is 16.6. The number of carbonyl (C=O) groups excluding carboxylic acids is 4. The zero-order valence-electron chi connectivity index (χ0n) is 33.6. The van der Waals surface area contributed by atoms with Gasteiger partial charge in [0.1, 0.15) is 17.2 Å². The Morgan fingerprint density at radius 2 is 1.62 bits per heavy atom. The van der Waals surface area contributed by atoms with Crippen molar-refractivity contribution in [2.75, 3.05) is 5.32 Å². The average Bonchev–Trinajstić information content (AvgIpc) is 3.45. The van der Waals surface area contributed by atoms with E-state index >= 15 is 0 Å². The number of alkyl carbamates (subject to hydrolysis) is 1. The Kier molecular flexibility index (Phi) is 16.9. The number of Topliss-reactive ketones (excluding diaryl/α,β-unsaturated/α-hetero) is 1. The summed E-state index contributed by atoms with van der Waals surface area (Å²) in [6.07, 6.45) is 11.9. The van der Waals surface area contributed by atoms with Gasteiger partial charge in [-0.3, -0.25) is 14.4 Å². The van der Waals surface area contributed by atoms with Crippen molar-refractivity contribution in [3.63, 3.8) is 0 Å². The summed E-state index contributed by atoms with van der Waals surface area (Å²) in [5.41, 5.74) is 5.62. The van der Waals surface area contributed by atoms with Gasteiger partial charge >= 0.3 is 6.09 Å². The molecule has 1 radical (unpaired) electrons. The first-order valence-electron chi connectivity index (χ1n) is 19.3. The van der Waals surface area contributed by atoms with Crippen molar-refractivity contribution in [3.05, 3.63) is 109 Å². The predicted molar refractivity (Wildman–Crippen MR) is 220 cm³/mol. The highest BCUT2D eigenvalue weighted by Gasteiger charge is 2.32. The van der Waals surface area contributed by atoms with Gasteiger partial charge in [0, 0.05) is 18.5 Å². The summed E-state index contributed by atoms with van der Waals surface area (Å²) in [4.78, 5) is 52.4. The number of nitrogens with two attached hydrogens (primary N) is 1. The number of ether oxygens (including phenoxy) is 1. The molecule has 3 atom stereocenters. The van der Waals surface area contributed by atoms with Crippen LogP contribution in [0.15, 0.2) is 91.4 Å². The van der Waals surface area contributed by atoms with E-state index in [9.17, 15) is 19.2 Å². The zero-order valence-corrected chi connectivity index (χ0v) is 33.6. The fourth-order valence-corrected chi connectivity index (χ4v) is 6.20. The number of ketones is 1. The maximum atomic E-state index is 13.9. The van der Waals surface area contributed by atoms with Crippen LogP contribution in [0.1, 0.15) is 111 Å². The number of hydrogen-bond donors (Lipinski definition) is 3. The molecule has 5 rings (SSSR count). The van der Waals surface area contributed by atoms with E-state index < -0.39 is 29.2 Å². The molecule has 1 aromatic heterocycles. The first-order chi connectivity index (χ1) is 26.0. The standard InChI is InChI=1S/C27H33N3O2.C9H18N2O3.C9H9/c1-3-7-25(31)29-24-17-30(18-28-24)26(27(32)21-11-6-8-19(2)12-13-21)23-15-14-20-9-4-5-10-22(20)16-23;1-8(2,3)14-7(13)11-9(4,5)6(10)12;1-2-6-9-7-4-3-5-8-9/h4-5,9-10,14-19,21,26H,3,6-8,11-13H2,1-2H3,(H,29,31);1-5H3,(H2,10,12)(H,11,13);1-5,7-8H,6H2. The summed E-state index contributed by atoms with van der Waals surface area (Å²) in [5.74, 6) is 0.819. The number of nitrogens with one attached hydrogen (secondary N) is 2. The van der Waals surface area contributed by atoms with Crippen LogP contribution < -0.4 is 16.4 Å². The van der Waals surface area contributed by atoms with Gasteiger partial charge < -0.3 is 25.7 Å². The molecule has 1 aliphatic rings. The Morgan fingerprint density at radius 3 is 2.25 bits per heavy atom. The fourth-order valence-electron chi connectivity index (χ4n) is 6.20. The Balaban J connectivity index is 0.000000290. The van der Waals surface area contributed by atoms with Gasteiger partial charge in [0.05, 0.1) is 6.33 Å². The summed E-state index contributed by atoms with van der Waals surface area (Å²) < 4.78 is 6.84. The number of fused-ring (bicyclic) bond motifs is 1. The Bertz CT molecular complexity index is 1860. The molecule has 3 unspecified atom stereocenters. The van der Waals surface area contributed by atoms with Gasteiger partial charge in [-0.2, -0.15) is 0 Å². The van der Waals surface area contributed by atoms with E-state index in [1.807, 2.05) is 41.8 Å². The molecule has 3 aromatic carbocycles. The number of carbonyl (C=O) groups is 4. The third-order valence-corrected chi connectivity index (χ3v) is 9.29. The largest absolute Gasteiger partial charge is 0.444 e. The van der Waals surface area contributed by atoms with Gasteiger partial charge in [-0.25, -0.2) is 9.78 Å². The number of allylic oxidation sites excluding steroid dienone is 1. The van der Waals surface area contributed by atoms with Gasteiger partial charge in [-0.1, -0.05) is 112 Å². The minimum Gasteiger partial charge on any atom is -0.444 e. The number of rotatable bonds is 11. The Hall–Kier alpha value is -5.25. The number of hydrogen-bond acceptors (Lipinski definition) is 6. The lowest BCUT2D eigenvalue weighted by Gasteiger charge is -2.25. The minimum absolute atomic E-state index is 0.0518. The molecule has 295 valence electrons. The topological polar surface area (TPSA) is 145 Å². The Morgan fingerprint density at radius 1 is 0.945 bits per heavy atom. The molecule has 10 heteroatoms. The summed E-state index contributed by atoms with van der Waals surface area (Å²) in [5, 5.41) is 7.50. The molecule has 0 spiro atoms. The van der Waals surface area contributed by atoms with E-state index in [0.717, 1.165) is 54.9 Å². The predicted octanol–water partition coefficient (Wildman–Crippen LogP) is 9.14. The number of benzene rings is 3. The maximum absolute atomic E-state index is 13.9. The van der Waals surface area contributed by atoms with Crippen molar-refractivity contribution in [1.82, 2.24) is 14.9 Å². The number of amides is 3. The van der Waals surface area contributed by atoms with Crippen molar-refractivity contribution >= 4 is 40.3 Å². The van der Waals surface area contributed by atoms with Crippen LogP contribution in [0.2, 0.25) is 0 Å². The molecule has 1 saturated carbocycles. The summed E-state index contributed by atoms with van der Waals surface area (Å²) in [6, 6.07) is 24.2. The lowest BCUT2D eigenvalue weighted by Crippen LogP contribution is -2.54. The van der Waals surface area contributed by atoms with Crippen LogP contribution in [0.25, 0.3) is 10.8 Å². The normalized spacial score (nSPS) is 16.1. The molecule has 55 heavy (non-hydrogen) atoms. The number of nitrogens with zero attached hydrogens (tertiary/aromatic N) is 2. The van der Waals surface area contributed by atoms with Crippen molar-refractivity contribution in [2.24, 2.45) is 17.6 Å². The second kappa shape index (κ2) is 21.0. The third kappa shape index (κ3) is 14.8. The van der Waals surface area contributed by atoms with Crippen LogP contribution in [0, 0.1) is 18.4 Å². The molecule has 10 nitrogen and oxygen atoms in total. The molecule has 1 fully saturated rings. The van der Waals surface area contributed by atoms with E-state index in [4.69, 9.17) is 17.0 Å². The second-order valence-electron chi connectivity index (χ2n) is 15.8. The van der Waals surface area contributed by atoms with Crippen molar-refractivity contribution in [1.29, 1.82) is 0 Å². The third-order valence-electron chi connectivity index (χ3n) is 9.29. The van der Waals surface area contributed by atoms with E-state index in [0.29, 0.717) is 18.2 Å². The number of primary amides is 1. The first-order valence-corrected chi connectivity index (χ1v) is 19.3. The second-order valence-corrected chi connectivity index (χ2v) is 15.8. The molecule has 0 bridgehead atoms. The molecular weight excluding hydrogens is 691 g/mol. The molecule has 4 N–H and O–H groups in total. The fraction of sp³-hybridized carbons (Fsp3) is 0.444. The minimum atomic E-state index is -1.09. The van der Waals surface area contributed by atoms with Crippen molar-refractivity contribution in [3.8, 4) is 0 Å². The van der Waals surface area contributed by atoms with Crippen LogP contribution >= 0.6 is 0 Å². The maximum Gasteiger partial charge on any atom is 0.408 e. The van der Waals surface area contributed by atoms with Crippen LogP contribution in [-0.2, 0) is 25.5 Å². The van der Waals surface area contributed by atoms with Crippen molar-refractivity contribution in [2.45, 2.75) is 117 Å². The lowest BCUT2D eigenvalue weighted by atomic mass is 9.87. The van der Waals surface area contributed by atoms with Crippen molar-refractivity contribution < 1.29 is 23.9 Å². The molecular formula is C45H60N5O5. The van der Waals surface area contributed by atoms with Gasteiger partial charge in [-0.05, 0) is 94.2 Å². The summed E-state index contributed by atoms with van der Waals surface area (Å²) in [7, 11) is 0. The van der Waals surface area contributed by atoms with E-state index in [-0.39, 0.29) is 17.6 Å². The molecule has 0 aliphatic heterocycles. The quantitative estimate of drug-likeness (QED) is 0.130. The van der Waals surface area contributed by atoms with E-state index in [1.165, 1.54) is 25.8 Å². The van der Waals surface area contributed by atoms with Gasteiger partial charge in [0.2, 0.25) is 11.8 Å². The average molecular weight is 751 g/mol. The molecule has 0 saturated heterocycles. The van der Waals surface area contributed by atoms with Crippen LogP contribution in [-0.4, -0.2) is 44.4 Å². The Labute approximate surface area is 327 Å². The van der Waals surface area contributed by atoms with Gasteiger partial charge in [0.15, 0.2) is 11.6 Å². The smallest absolute Gasteiger partial charge is 0.408 e. The monoisotopic (exact) mass is 750 g/mol. The summed E-state index contributed by atoms with van der Waals surface area (Å²) in [6.45, 7) is 17.7. The lowest BCUT2D eigenvalue weighted by molar-refractivity contribution is -0.125. The number of anilines is 1. The van der Waals surface area contributed by atoms with Crippen LogP contribution in [0.3, 0.4) is 0 Å². The van der Waals surface area contributed by atoms with E-state index in [1.54, 1.807) is 39.4 Å². The zero-order chi connectivity index (χ0) is 40.6. The molecule has 1 heterocycles. The molecule has 1 aliphatic carbocycles. The number of imidazole rings is 1. The van der Waals surface area contributed by atoms with Crippen LogP contribution in [0.5, 0.6) is 0 Å². The SMILES string of the molecule is CC(C)(C)OC(=O)NC(C)(C)C(N)=O.CCCC(=O)Nc1cn(C(C(=O)C2CCCC(C)CC2)c2ccc3ccccc3c2)cn1.[CH]=CCc1ccccc1. The number of aromatic nitrogens is 2. The molecule has 3 amide bonds. The molecule has 4 aromatic rings. The van der Waals surface area contributed by atoms with E-state index in [2.05, 4.69) is 65.0 Å². The first kappa shape index (κ1) is 44.1. The summed E-state index contributed by atoms with van der Waals surface area (Å²) >= 11 is 0. The van der Waals surface area contributed by atoms with Crippen LogP contribution in [0.4, 0.5) is 10.6 Å².